The van der Waals surface area contributed by atoms with E-state index in [4.69, 9.17) is 4.52 Å². The van der Waals surface area contributed by atoms with Gasteiger partial charge in [-0.1, -0.05) is 19.0 Å². The Morgan fingerprint density at radius 2 is 2.21 bits per heavy atom. The number of nitrogens with one attached hydrogen (secondary N) is 1. The van der Waals surface area contributed by atoms with Crippen LogP contribution in [0.1, 0.15) is 47.4 Å². The SMILES string of the molecule is Cc1n[nH]nc1C(=O)N(C)Cc1cc(C(C)C)on1. The second-order valence-electron chi connectivity index (χ2n) is 4.79. The van der Waals surface area contributed by atoms with Crippen molar-refractivity contribution in [1.82, 2.24) is 25.5 Å². The van der Waals surface area contributed by atoms with Crippen molar-refractivity contribution in [2.45, 2.75) is 33.2 Å². The van der Waals surface area contributed by atoms with Crippen molar-refractivity contribution >= 4 is 5.91 Å². The number of amides is 1. The molecule has 0 aliphatic rings. The molecule has 19 heavy (non-hydrogen) atoms. The number of rotatable bonds is 4. The molecule has 0 saturated heterocycles. The molecule has 2 aromatic rings. The molecular formula is C12H17N5O2. The summed E-state index contributed by atoms with van der Waals surface area (Å²) in [5.41, 5.74) is 1.63. The van der Waals surface area contributed by atoms with Crippen LogP contribution in [0.15, 0.2) is 10.6 Å². The highest BCUT2D eigenvalue weighted by Crippen LogP contribution is 2.16. The molecule has 1 amide bonds. The van der Waals surface area contributed by atoms with Crippen LogP contribution in [-0.4, -0.2) is 38.4 Å². The molecule has 0 saturated carbocycles. The summed E-state index contributed by atoms with van der Waals surface area (Å²) in [7, 11) is 1.69. The maximum absolute atomic E-state index is 12.1. The first-order chi connectivity index (χ1) is 8.99. The number of hydrogen-bond donors (Lipinski definition) is 1. The predicted octanol–water partition coefficient (Wildman–Crippen LogP) is 1.50. The second kappa shape index (κ2) is 5.21. The highest BCUT2D eigenvalue weighted by Gasteiger charge is 2.19. The molecule has 7 heteroatoms. The number of aromatic nitrogens is 4. The highest BCUT2D eigenvalue weighted by molar-refractivity contribution is 5.92. The van der Waals surface area contributed by atoms with Crippen molar-refractivity contribution in [2.75, 3.05) is 7.05 Å². The van der Waals surface area contributed by atoms with Gasteiger partial charge < -0.3 is 9.42 Å². The largest absolute Gasteiger partial charge is 0.361 e. The van der Waals surface area contributed by atoms with Crippen LogP contribution in [0.2, 0.25) is 0 Å². The van der Waals surface area contributed by atoms with Crippen molar-refractivity contribution in [3.05, 3.63) is 28.9 Å². The third-order valence-corrected chi connectivity index (χ3v) is 2.82. The Kier molecular flexibility index (Phi) is 3.64. The summed E-state index contributed by atoms with van der Waals surface area (Å²) in [6.45, 7) is 6.16. The fourth-order valence-electron chi connectivity index (χ4n) is 1.66. The summed E-state index contributed by atoms with van der Waals surface area (Å²) in [5, 5.41) is 14.1. The predicted molar refractivity (Wildman–Crippen MR) is 67.5 cm³/mol. The van der Waals surface area contributed by atoms with Gasteiger partial charge in [-0.05, 0) is 6.92 Å². The van der Waals surface area contributed by atoms with E-state index in [9.17, 15) is 4.79 Å². The Bertz CT molecular complexity index is 572. The molecule has 0 aromatic carbocycles. The van der Waals surface area contributed by atoms with E-state index in [1.807, 2.05) is 19.9 Å². The van der Waals surface area contributed by atoms with Gasteiger partial charge in [-0.3, -0.25) is 4.79 Å². The van der Waals surface area contributed by atoms with Crippen LogP contribution in [0.3, 0.4) is 0 Å². The number of carbonyl (C=O) groups excluding carboxylic acids is 1. The molecule has 0 atom stereocenters. The summed E-state index contributed by atoms with van der Waals surface area (Å²) < 4.78 is 5.20. The average molecular weight is 263 g/mol. The standard InChI is InChI=1S/C12H17N5O2/c1-7(2)10-5-9(15-19-10)6-17(4)12(18)11-8(3)13-16-14-11/h5,7H,6H2,1-4H3,(H,13,14,16). The zero-order chi connectivity index (χ0) is 14.0. The maximum Gasteiger partial charge on any atom is 0.276 e. The van der Waals surface area contributed by atoms with E-state index >= 15 is 0 Å². The molecular weight excluding hydrogens is 246 g/mol. The third kappa shape index (κ3) is 2.81. The van der Waals surface area contributed by atoms with E-state index in [0.717, 1.165) is 11.5 Å². The first-order valence-electron chi connectivity index (χ1n) is 6.07. The molecule has 2 rings (SSSR count). The Hall–Kier alpha value is -2.18. The Morgan fingerprint density at radius 3 is 2.74 bits per heavy atom. The van der Waals surface area contributed by atoms with E-state index in [1.165, 1.54) is 4.90 Å². The normalized spacial score (nSPS) is 11.0. The monoisotopic (exact) mass is 263 g/mol. The van der Waals surface area contributed by atoms with E-state index in [1.54, 1.807) is 14.0 Å². The van der Waals surface area contributed by atoms with Gasteiger partial charge in [0, 0.05) is 19.0 Å². The first-order valence-corrected chi connectivity index (χ1v) is 6.07. The van der Waals surface area contributed by atoms with Crippen LogP contribution in [0.5, 0.6) is 0 Å². The van der Waals surface area contributed by atoms with Gasteiger partial charge in [0.1, 0.15) is 11.5 Å². The van der Waals surface area contributed by atoms with E-state index in [0.29, 0.717) is 17.9 Å². The van der Waals surface area contributed by atoms with Gasteiger partial charge in [0.05, 0.1) is 12.2 Å². The van der Waals surface area contributed by atoms with Crippen LogP contribution >= 0.6 is 0 Å². The van der Waals surface area contributed by atoms with Crippen LogP contribution in [-0.2, 0) is 6.54 Å². The lowest BCUT2D eigenvalue weighted by atomic mass is 10.1. The zero-order valence-electron chi connectivity index (χ0n) is 11.5. The van der Waals surface area contributed by atoms with Gasteiger partial charge in [-0.25, -0.2) is 0 Å². The van der Waals surface area contributed by atoms with Gasteiger partial charge in [0.2, 0.25) is 0 Å². The number of carbonyl (C=O) groups is 1. The molecule has 0 spiro atoms. The summed E-state index contributed by atoms with van der Waals surface area (Å²) in [6.07, 6.45) is 0. The van der Waals surface area contributed by atoms with Crippen molar-refractivity contribution < 1.29 is 9.32 Å². The van der Waals surface area contributed by atoms with Crippen molar-refractivity contribution in [3.63, 3.8) is 0 Å². The molecule has 0 aliphatic carbocycles. The number of nitrogens with zero attached hydrogens (tertiary/aromatic N) is 4. The summed E-state index contributed by atoms with van der Waals surface area (Å²) in [6, 6.07) is 1.87. The smallest absolute Gasteiger partial charge is 0.276 e. The van der Waals surface area contributed by atoms with Crippen molar-refractivity contribution in [1.29, 1.82) is 0 Å². The Labute approximate surface area is 111 Å². The van der Waals surface area contributed by atoms with Gasteiger partial charge in [-0.2, -0.15) is 15.4 Å². The summed E-state index contributed by atoms with van der Waals surface area (Å²) in [4.78, 5) is 13.7. The van der Waals surface area contributed by atoms with Crippen molar-refractivity contribution in [3.8, 4) is 0 Å². The van der Waals surface area contributed by atoms with Crippen LogP contribution in [0.4, 0.5) is 0 Å². The lowest BCUT2D eigenvalue weighted by molar-refractivity contribution is 0.0775. The minimum atomic E-state index is -0.194. The lowest BCUT2D eigenvalue weighted by Gasteiger charge is -2.13. The maximum atomic E-state index is 12.1. The van der Waals surface area contributed by atoms with Crippen LogP contribution in [0.25, 0.3) is 0 Å². The molecule has 102 valence electrons. The topological polar surface area (TPSA) is 87.9 Å². The molecule has 0 unspecified atom stereocenters. The van der Waals surface area contributed by atoms with Gasteiger partial charge in [-0.15, -0.1) is 0 Å². The molecule has 2 heterocycles. The Morgan fingerprint density at radius 1 is 1.47 bits per heavy atom. The summed E-state index contributed by atoms with van der Waals surface area (Å²) >= 11 is 0. The number of aryl methyl sites for hydroxylation is 1. The molecule has 1 N–H and O–H groups in total. The molecule has 7 nitrogen and oxygen atoms in total. The zero-order valence-corrected chi connectivity index (χ0v) is 11.5. The molecule has 2 aromatic heterocycles. The van der Waals surface area contributed by atoms with Gasteiger partial charge in [0.15, 0.2) is 5.69 Å². The Balaban J connectivity index is 2.06. The molecule has 0 radical (unpaired) electrons. The van der Waals surface area contributed by atoms with Gasteiger partial charge >= 0.3 is 0 Å². The molecule has 0 bridgehead atoms. The van der Waals surface area contributed by atoms with Gasteiger partial charge in [0.25, 0.3) is 5.91 Å². The second-order valence-corrected chi connectivity index (χ2v) is 4.79. The number of hydrogen-bond acceptors (Lipinski definition) is 5. The fourth-order valence-corrected chi connectivity index (χ4v) is 1.66. The molecule has 0 aliphatic heterocycles. The highest BCUT2D eigenvalue weighted by atomic mass is 16.5. The van der Waals surface area contributed by atoms with E-state index in [-0.39, 0.29) is 11.8 Å². The first kappa shape index (κ1) is 13.3. The van der Waals surface area contributed by atoms with E-state index < -0.39 is 0 Å². The molecule has 0 fully saturated rings. The number of H-pyrrole nitrogens is 1. The number of aromatic amines is 1. The third-order valence-electron chi connectivity index (χ3n) is 2.82. The van der Waals surface area contributed by atoms with Crippen LogP contribution < -0.4 is 0 Å². The minimum Gasteiger partial charge on any atom is -0.361 e. The van der Waals surface area contributed by atoms with Crippen molar-refractivity contribution in [2.24, 2.45) is 0 Å². The quantitative estimate of drug-likeness (QED) is 0.903. The van der Waals surface area contributed by atoms with Crippen LogP contribution in [0, 0.1) is 6.92 Å². The average Bonchev–Trinajstić information content (AvgIpc) is 2.97. The summed E-state index contributed by atoms with van der Waals surface area (Å²) in [5.74, 6) is 0.897. The lowest BCUT2D eigenvalue weighted by Crippen LogP contribution is -2.27. The fraction of sp³-hybridized carbons (Fsp3) is 0.500. The minimum absolute atomic E-state index is 0.194. The van der Waals surface area contributed by atoms with E-state index in [2.05, 4.69) is 20.6 Å².